The quantitative estimate of drug-likeness (QED) is 0.692. The molecule has 0 saturated heterocycles. The predicted octanol–water partition coefficient (Wildman–Crippen LogP) is 3.45. The Morgan fingerprint density at radius 3 is 2.59 bits per heavy atom. The second kappa shape index (κ2) is 6.23. The summed E-state index contributed by atoms with van der Waals surface area (Å²) in [5, 5.41) is 6.51. The van der Waals surface area contributed by atoms with Crippen molar-refractivity contribution in [2.75, 3.05) is 5.32 Å². The number of hydrogen-bond donors (Lipinski definition) is 1. The molecule has 116 valence electrons. The molecule has 0 aliphatic carbocycles. The van der Waals surface area contributed by atoms with E-state index in [0.717, 1.165) is 18.2 Å². The Labute approximate surface area is 129 Å². The Kier molecular flexibility index (Phi) is 4.56. The van der Waals surface area contributed by atoms with Gasteiger partial charge in [-0.25, -0.2) is 13.2 Å². The highest BCUT2D eigenvalue weighted by Crippen LogP contribution is 2.21. The maximum absolute atomic E-state index is 13.4. The lowest BCUT2D eigenvalue weighted by Crippen LogP contribution is -2.10. The van der Waals surface area contributed by atoms with E-state index in [9.17, 15) is 18.0 Å². The van der Waals surface area contributed by atoms with E-state index in [1.54, 1.807) is 14.0 Å². The summed E-state index contributed by atoms with van der Waals surface area (Å²) >= 11 is 5.99. The van der Waals surface area contributed by atoms with Crippen LogP contribution in [0.5, 0.6) is 0 Å². The molecule has 1 aromatic heterocycles. The SMILES string of the molecule is Cc1nn(C)c(Cl)c1/C=C/C(=O)Nc1ccc(F)c(F)c1F. The summed E-state index contributed by atoms with van der Waals surface area (Å²) < 4.78 is 40.7. The van der Waals surface area contributed by atoms with Crippen LogP contribution in [0.4, 0.5) is 18.9 Å². The number of nitrogens with one attached hydrogen (secondary N) is 1. The summed E-state index contributed by atoms with van der Waals surface area (Å²) in [5.41, 5.74) is 0.684. The normalized spacial score (nSPS) is 11.2. The zero-order valence-corrected chi connectivity index (χ0v) is 12.4. The molecule has 2 aromatic rings. The van der Waals surface area contributed by atoms with Crippen molar-refractivity contribution >= 4 is 29.3 Å². The van der Waals surface area contributed by atoms with Gasteiger partial charge in [-0.05, 0) is 25.1 Å². The van der Waals surface area contributed by atoms with Crippen molar-refractivity contribution in [3.63, 3.8) is 0 Å². The molecular weight excluding hydrogens is 319 g/mol. The molecule has 0 radical (unpaired) electrons. The lowest BCUT2D eigenvalue weighted by atomic mass is 10.2. The molecule has 0 saturated carbocycles. The summed E-state index contributed by atoms with van der Waals surface area (Å²) in [6, 6.07) is 1.65. The highest BCUT2D eigenvalue weighted by atomic mass is 35.5. The van der Waals surface area contributed by atoms with Gasteiger partial charge in [-0.3, -0.25) is 9.48 Å². The maximum atomic E-state index is 13.4. The summed E-state index contributed by atoms with van der Waals surface area (Å²) in [6.45, 7) is 1.71. The van der Waals surface area contributed by atoms with E-state index in [0.29, 0.717) is 16.4 Å². The van der Waals surface area contributed by atoms with Gasteiger partial charge in [-0.1, -0.05) is 11.6 Å². The van der Waals surface area contributed by atoms with Crippen LogP contribution in [0.1, 0.15) is 11.3 Å². The van der Waals surface area contributed by atoms with Crippen LogP contribution < -0.4 is 5.32 Å². The Balaban J connectivity index is 2.17. The van der Waals surface area contributed by atoms with Gasteiger partial charge in [0.15, 0.2) is 17.5 Å². The number of halogens is 4. The molecule has 0 spiro atoms. The number of amides is 1. The van der Waals surface area contributed by atoms with Crippen molar-refractivity contribution in [3.8, 4) is 0 Å². The second-order valence-corrected chi connectivity index (χ2v) is 4.82. The van der Waals surface area contributed by atoms with Gasteiger partial charge in [0, 0.05) is 18.7 Å². The summed E-state index contributed by atoms with van der Waals surface area (Å²) in [5.74, 6) is -5.15. The Hall–Kier alpha value is -2.28. The van der Waals surface area contributed by atoms with Gasteiger partial charge in [0.25, 0.3) is 0 Å². The number of aryl methyl sites for hydroxylation is 2. The molecule has 2 rings (SSSR count). The van der Waals surface area contributed by atoms with E-state index in [2.05, 4.69) is 10.4 Å². The minimum absolute atomic E-state index is 0.334. The molecule has 0 atom stereocenters. The highest BCUT2D eigenvalue weighted by Gasteiger charge is 2.14. The van der Waals surface area contributed by atoms with Crippen LogP contribution in [0.3, 0.4) is 0 Å². The van der Waals surface area contributed by atoms with E-state index in [1.807, 2.05) is 0 Å². The van der Waals surface area contributed by atoms with Crippen LogP contribution >= 0.6 is 11.6 Å². The number of carbonyl (C=O) groups excluding carboxylic acids is 1. The van der Waals surface area contributed by atoms with Gasteiger partial charge in [0.1, 0.15) is 5.15 Å². The van der Waals surface area contributed by atoms with Crippen molar-refractivity contribution in [3.05, 3.63) is 52.1 Å². The molecule has 1 N–H and O–H groups in total. The standard InChI is InChI=1S/C14H11ClF3N3O/c1-7-8(14(15)21(2)20-7)3-6-11(22)19-10-5-4-9(16)12(17)13(10)18/h3-6H,1-2H3,(H,19,22)/b6-3+. The van der Waals surface area contributed by atoms with E-state index in [1.165, 1.54) is 10.8 Å². The number of aromatic nitrogens is 2. The minimum atomic E-state index is -1.65. The van der Waals surface area contributed by atoms with Gasteiger partial charge in [0.2, 0.25) is 5.91 Å². The zero-order chi connectivity index (χ0) is 16.4. The molecule has 4 nitrogen and oxygen atoms in total. The molecule has 1 heterocycles. The fourth-order valence-corrected chi connectivity index (χ4v) is 2.03. The first kappa shape index (κ1) is 16.1. The Morgan fingerprint density at radius 1 is 1.32 bits per heavy atom. The Bertz CT molecular complexity index is 771. The minimum Gasteiger partial charge on any atom is -0.320 e. The number of nitrogens with zero attached hydrogens (tertiary/aromatic N) is 2. The van der Waals surface area contributed by atoms with Crippen molar-refractivity contribution < 1.29 is 18.0 Å². The summed E-state index contributed by atoms with van der Waals surface area (Å²) in [7, 11) is 1.64. The molecular formula is C14H11ClF3N3O. The fourth-order valence-electron chi connectivity index (χ4n) is 1.79. The first-order valence-corrected chi connectivity index (χ1v) is 6.50. The zero-order valence-electron chi connectivity index (χ0n) is 11.6. The third-order valence-electron chi connectivity index (χ3n) is 2.89. The van der Waals surface area contributed by atoms with E-state index in [-0.39, 0.29) is 0 Å². The van der Waals surface area contributed by atoms with Crippen LogP contribution in [-0.2, 0) is 11.8 Å². The molecule has 1 amide bonds. The number of hydrogen-bond acceptors (Lipinski definition) is 2. The smallest absolute Gasteiger partial charge is 0.248 e. The van der Waals surface area contributed by atoms with Gasteiger partial charge < -0.3 is 5.32 Å². The van der Waals surface area contributed by atoms with Crippen LogP contribution in [0.15, 0.2) is 18.2 Å². The monoisotopic (exact) mass is 329 g/mol. The van der Waals surface area contributed by atoms with Crippen molar-refractivity contribution in [2.24, 2.45) is 7.05 Å². The van der Waals surface area contributed by atoms with Crippen LogP contribution in [0, 0.1) is 24.4 Å². The average molecular weight is 330 g/mol. The third-order valence-corrected chi connectivity index (χ3v) is 3.34. The molecule has 1 aromatic carbocycles. The number of benzene rings is 1. The molecule has 0 unspecified atom stereocenters. The maximum Gasteiger partial charge on any atom is 0.248 e. The number of anilines is 1. The summed E-state index contributed by atoms with van der Waals surface area (Å²) in [6.07, 6.45) is 2.49. The molecule has 0 bridgehead atoms. The van der Waals surface area contributed by atoms with Gasteiger partial charge in [0.05, 0.1) is 11.4 Å². The Morgan fingerprint density at radius 2 is 2.00 bits per heavy atom. The van der Waals surface area contributed by atoms with E-state index >= 15 is 0 Å². The second-order valence-electron chi connectivity index (χ2n) is 4.46. The van der Waals surface area contributed by atoms with Crippen LogP contribution in [0.2, 0.25) is 5.15 Å². The lowest BCUT2D eigenvalue weighted by Gasteiger charge is -2.04. The van der Waals surface area contributed by atoms with Gasteiger partial charge in [-0.15, -0.1) is 0 Å². The number of rotatable bonds is 3. The topological polar surface area (TPSA) is 46.9 Å². The third kappa shape index (κ3) is 3.14. The molecule has 22 heavy (non-hydrogen) atoms. The molecule has 8 heteroatoms. The molecule has 0 fully saturated rings. The van der Waals surface area contributed by atoms with Crippen molar-refractivity contribution in [2.45, 2.75) is 6.92 Å². The average Bonchev–Trinajstić information content (AvgIpc) is 2.71. The molecule has 0 aliphatic rings. The van der Waals surface area contributed by atoms with Crippen molar-refractivity contribution in [1.82, 2.24) is 9.78 Å². The lowest BCUT2D eigenvalue weighted by molar-refractivity contribution is -0.111. The first-order chi connectivity index (χ1) is 10.3. The first-order valence-electron chi connectivity index (χ1n) is 6.13. The van der Waals surface area contributed by atoms with Gasteiger partial charge >= 0.3 is 0 Å². The largest absolute Gasteiger partial charge is 0.320 e. The number of carbonyl (C=O) groups is 1. The van der Waals surface area contributed by atoms with E-state index in [4.69, 9.17) is 11.6 Å². The van der Waals surface area contributed by atoms with Crippen molar-refractivity contribution in [1.29, 1.82) is 0 Å². The highest BCUT2D eigenvalue weighted by molar-refractivity contribution is 6.31. The van der Waals surface area contributed by atoms with E-state index < -0.39 is 29.0 Å². The predicted molar refractivity (Wildman–Crippen MR) is 76.9 cm³/mol. The van der Waals surface area contributed by atoms with Gasteiger partial charge in [-0.2, -0.15) is 5.10 Å². The summed E-state index contributed by atoms with van der Waals surface area (Å²) in [4.78, 5) is 11.7. The fraction of sp³-hybridized carbons (Fsp3) is 0.143. The van der Waals surface area contributed by atoms with Crippen LogP contribution in [0.25, 0.3) is 6.08 Å². The molecule has 0 aliphatic heterocycles. The van der Waals surface area contributed by atoms with Crippen LogP contribution in [-0.4, -0.2) is 15.7 Å².